The number of carbonyl (C=O) groups is 1. The van der Waals surface area contributed by atoms with Gasteiger partial charge in [-0.05, 0) is 26.7 Å². The number of aromatic nitrogens is 1. The quantitative estimate of drug-likeness (QED) is 0.633. The van der Waals surface area contributed by atoms with Crippen LogP contribution in [0.25, 0.3) is 0 Å². The lowest BCUT2D eigenvalue weighted by Crippen LogP contribution is -2.47. The van der Waals surface area contributed by atoms with Crippen LogP contribution in [0.3, 0.4) is 0 Å². The zero-order valence-electron chi connectivity index (χ0n) is 15.2. The molecule has 0 spiro atoms. The molecule has 24 heavy (non-hydrogen) atoms. The minimum atomic E-state index is 0.0190. The molecule has 1 heterocycles. The van der Waals surface area contributed by atoms with E-state index < -0.39 is 0 Å². The summed E-state index contributed by atoms with van der Waals surface area (Å²) in [5.41, 5.74) is 1.86. The van der Waals surface area contributed by atoms with Gasteiger partial charge in [0.15, 0.2) is 5.96 Å². The molecule has 1 aromatic heterocycles. The van der Waals surface area contributed by atoms with Gasteiger partial charge < -0.3 is 20.1 Å². The third-order valence-electron chi connectivity index (χ3n) is 4.43. The first-order valence-corrected chi connectivity index (χ1v) is 8.64. The van der Waals surface area contributed by atoms with Crippen LogP contribution in [0.1, 0.15) is 49.1 Å². The van der Waals surface area contributed by atoms with Crippen molar-refractivity contribution in [1.29, 1.82) is 0 Å². The Morgan fingerprint density at radius 3 is 2.58 bits per heavy atom. The van der Waals surface area contributed by atoms with E-state index in [4.69, 9.17) is 4.52 Å². The predicted octanol–water partition coefficient (Wildman–Crippen LogP) is 1.75. The van der Waals surface area contributed by atoms with Crippen LogP contribution in [-0.2, 0) is 11.3 Å². The van der Waals surface area contributed by atoms with Gasteiger partial charge in [-0.3, -0.25) is 4.79 Å². The van der Waals surface area contributed by atoms with Crippen molar-refractivity contribution in [2.75, 3.05) is 20.6 Å². The van der Waals surface area contributed by atoms with Gasteiger partial charge in [0.25, 0.3) is 0 Å². The highest BCUT2D eigenvalue weighted by molar-refractivity contribution is 5.86. The summed E-state index contributed by atoms with van der Waals surface area (Å²) in [6.45, 7) is 4.52. The molecule has 1 saturated carbocycles. The van der Waals surface area contributed by atoms with Gasteiger partial charge in [0, 0.05) is 25.7 Å². The van der Waals surface area contributed by atoms with Crippen LogP contribution in [-0.4, -0.2) is 48.6 Å². The van der Waals surface area contributed by atoms with Crippen LogP contribution in [0, 0.1) is 13.8 Å². The number of likely N-dealkylation sites (N-methyl/N-ethyl adjacent to an activating group) is 1. The summed E-state index contributed by atoms with van der Waals surface area (Å²) in [5.74, 6) is 1.49. The fraction of sp³-hybridized carbons (Fsp3) is 0.706. The van der Waals surface area contributed by atoms with Gasteiger partial charge in [-0.25, -0.2) is 4.99 Å². The van der Waals surface area contributed by atoms with Crippen LogP contribution in [0.5, 0.6) is 0 Å². The molecule has 1 amide bonds. The zero-order chi connectivity index (χ0) is 17.5. The molecule has 7 heteroatoms. The van der Waals surface area contributed by atoms with Crippen LogP contribution in [0.2, 0.25) is 0 Å². The molecule has 0 aliphatic heterocycles. The lowest BCUT2D eigenvalue weighted by molar-refractivity contribution is -0.127. The summed E-state index contributed by atoms with van der Waals surface area (Å²) >= 11 is 0. The number of carbonyl (C=O) groups excluding carboxylic acids is 1. The number of hydrogen-bond acceptors (Lipinski definition) is 4. The maximum atomic E-state index is 11.8. The lowest BCUT2D eigenvalue weighted by Gasteiger charge is -2.25. The minimum Gasteiger partial charge on any atom is -0.361 e. The first-order chi connectivity index (χ1) is 11.5. The third kappa shape index (κ3) is 5.25. The second-order valence-electron chi connectivity index (χ2n) is 6.59. The Morgan fingerprint density at radius 2 is 2.00 bits per heavy atom. The van der Waals surface area contributed by atoms with E-state index in [1.54, 1.807) is 19.0 Å². The fourth-order valence-corrected chi connectivity index (χ4v) is 2.80. The van der Waals surface area contributed by atoms with Crippen LogP contribution < -0.4 is 10.6 Å². The highest BCUT2D eigenvalue weighted by atomic mass is 16.5. The highest BCUT2D eigenvalue weighted by Gasteiger charge is 2.16. The Labute approximate surface area is 143 Å². The standard InChI is InChI=1S/C17H29N5O2/c1-12-15(13(2)24-21-12)10-18-17(19-11-16(23)22(3)4)20-14-8-6-5-7-9-14/h14H,5-11H2,1-4H3,(H2,18,19,20). The van der Waals surface area contributed by atoms with Crippen molar-refractivity contribution in [2.45, 2.75) is 58.5 Å². The normalized spacial score (nSPS) is 16.1. The first kappa shape index (κ1) is 18.3. The summed E-state index contributed by atoms with van der Waals surface area (Å²) in [7, 11) is 3.50. The molecule has 0 radical (unpaired) electrons. The number of nitrogens with zero attached hydrogens (tertiary/aromatic N) is 3. The van der Waals surface area contributed by atoms with E-state index in [1.165, 1.54) is 19.3 Å². The summed E-state index contributed by atoms with van der Waals surface area (Å²) in [5, 5.41) is 10.6. The second-order valence-corrected chi connectivity index (χ2v) is 6.59. The summed E-state index contributed by atoms with van der Waals surface area (Å²) in [6, 6.07) is 0.420. The van der Waals surface area contributed by atoms with Gasteiger partial charge in [-0.15, -0.1) is 0 Å². The number of rotatable bonds is 5. The molecule has 1 aliphatic carbocycles. The topological polar surface area (TPSA) is 82.8 Å². The molecule has 0 atom stereocenters. The molecule has 2 rings (SSSR count). The Morgan fingerprint density at radius 1 is 1.29 bits per heavy atom. The number of amides is 1. The molecule has 1 aliphatic rings. The van der Waals surface area contributed by atoms with Gasteiger partial charge in [0.2, 0.25) is 5.91 Å². The van der Waals surface area contributed by atoms with Gasteiger partial charge in [-0.1, -0.05) is 24.4 Å². The molecule has 2 N–H and O–H groups in total. The SMILES string of the molecule is Cc1noc(C)c1CN=C(NCC(=O)N(C)C)NC1CCCCC1. The van der Waals surface area contributed by atoms with Gasteiger partial charge in [-0.2, -0.15) is 0 Å². The molecule has 7 nitrogen and oxygen atoms in total. The number of nitrogens with one attached hydrogen (secondary N) is 2. The Kier molecular flexibility index (Phi) is 6.63. The smallest absolute Gasteiger partial charge is 0.241 e. The van der Waals surface area contributed by atoms with Gasteiger partial charge in [0.1, 0.15) is 5.76 Å². The van der Waals surface area contributed by atoms with E-state index in [1.807, 2.05) is 13.8 Å². The van der Waals surface area contributed by atoms with E-state index in [9.17, 15) is 4.79 Å². The average molecular weight is 335 g/mol. The molecule has 0 aromatic carbocycles. The molecule has 0 saturated heterocycles. The van der Waals surface area contributed by atoms with Crippen molar-refractivity contribution in [3.05, 3.63) is 17.0 Å². The molecule has 0 unspecified atom stereocenters. The average Bonchev–Trinajstić information content (AvgIpc) is 2.89. The van der Waals surface area contributed by atoms with E-state index in [-0.39, 0.29) is 12.5 Å². The third-order valence-corrected chi connectivity index (χ3v) is 4.43. The van der Waals surface area contributed by atoms with Crippen molar-refractivity contribution in [2.24, 2.45) is 4.99 Å². The number of aliphatic imine (C=N–C) groups is 1. The zero-order valence-corrected chi connectivity index (χ0v) is 15.2. The maximum absolute atomic E-state index is 11.8. The molecule has 1 fully saturated rings. The molecule has 1 aromatic rings. The predicted molar refractivity (Wildman–Crippen MR) is 93.8 cm³/mol. The van der Waals surface area contributed by atoms with Crippen molar-refractivity contribution < 1.29 is 9.32 Å². The van der Waals surface area contributed by atoms with Crippen molar-refractivity contribution in [3.8, 4) is 0 Å². The van der Waals surface area contributed by atoms with Gasteiger partial charge >= 0.3 is 0 Å². The summed E-state index contributed by atoms with van der Waals surface area (Å²) < 4.78 is 5.19. The summed E-state index contributed by atoms with van der Waals surface area (Å²) in [6.07, 6.45) is 6.08. The molecular weight excluding hydrogens is 306 g/mol. The highest BCUT2D eigenvalue weighted by Crippen LogP contribution is 2.17. The number of hydrogen-bond donors (Lipinski definition) is 2. The van der Waals surface area contributed by atoms with Gasteiger partial charge in [0.05, 0.1) is 18.8 Å². The minimum absolute atomic E-state index is 0.0190. The lowest BCUT2D eigenvalue weighted by atomic mass is 9.96. The van der Waals surface area contributed by atoms with E-state index in [2.05, 4.69) is 20.8 Å². The first-order valence-electron chi connectivity index (χ1n) is 8.64. The molecular formula is C17H29N5O2. The Bertz CT molecular complexity index is 554. The number of guanidine groups is 1. The van der Waals surface area contributed by atoms with Crippen LogP contribution in [0.15, 0.2) is 9.52 Å². The van der Waals surface area contributed by atoms with Crippen LogP contribution in [0.4, 0.5) is 0 Å². The van der Waals surface area contributed by atoms with Crippen molar-refractivity contribution >= 4 is 11.9 Å². The van der Waals surface area contributed by atoms with Crippen molar-refractivity contribution in [1.82, 2.24) is 20.7 Å². The molecule has 0 bridgehead atoms. The maximum Gasteiger partial charge on any atom is 0.241 e. The van der Waals surface area contributed by atoms with E-state index in [0.717, 1.165) is 29.9 Å². The monoisotopic (exact) mass is 335 g/mol. The molecule has 134 valence electrons. The largest absolute Gasteiger partial charge is 0.361 e. The fourth-order valence-electron chi connectivity index (χ4n) is 2.80. The number of aryl methyl sites for hydroxylation is 2. The Hall–Kier alpha value is -2.05. The second kappa shape index (κ2) is 8.70. The van der Waals surface area contributed by atoms with Crippen molar-refractivity contribution in [3.63, 3.8) is 0 Å². The summed E-state index contributed by atoms with van der Waals surface area (Å²) in [4.78, 5) is 18.0. The Balaban J connectivity index is 2.02. The van der Waals surface area contributed by atoms with E-state index in [0.29, 0.717) is 18.5 Å². The van der Waals surface area contributed by atoms with Crippen LogP contribution >= 0.6 is 0 Å². The van der Waals surface area contributed by atoms with E-state index >= 15 is 0 Å².